The molecule has 0 unspecified atom stereocenters. The van der Waals surface area contributed by atoms with E-state index in [1.165, 1.54) is 6.21 Å². The zero-order valence-electron chi connectivity index (χ0n) is 17.5. The Hall–Kier alpha value is -3.49. The van der Waals surface area contributed by atoms with Gasteiger partial charge in [-0.05, 0) is 48.9 Å². The molecular formula is C24H19BrClN3O4. The van der Waals surface area contributed by atoms with E-state index in [-0.39, 0.29) is 22.9 Å². The minimum atomic E-state index is -0.542. The molecule has 0 spiro atoms. The maximum Gasteiger partial charge on any atom is 0.343 e. The number of ether oxygens (including phenoxy) is 1. The molecule has 3 aromatic carbocycles. The molecule has 0 aromatic heterocycles. The van der Waals surface area contributed by atoms with Gasteiger partial charge in [0.2, 0.25) is 0 Å². The van der Waals surface area contributed by atoms with Gasteiger partial charge in [-0.1, -0.05) is 57.9 Å². The van der Waals surface area contributed by atoms with Crippen LogP contribution in [0.5, 0.6) is 5.75 Å². The largest absolute Gasteiger partial charge is 0.422 e. The average Bonchev–Trinajstić information content (AvgIpc) is 2.79. The number of hydrazone groups is 1. The first-order chi connectivity index (χ1) is 15.8. The van der Waals surface area contributed by atoms with Gasteiger partial charge in [-0.25, -0.2) is 10.2 Å². The number of nitrogens with one attached hydrogen (secondary N) is 2. The molecule has 0 fully saturated rings. The molecule has 0 aliphatic heterocycles. The highest BCUT2D eigenvalue weighted by Crippen LogP contribution is 2.23. The molecule has 9 heteroatoms. The van der Waals surface area contributed by atoms with Crippen LogP contribution >= 0.6 is 27.5 Å². The summed E-state index contributed by atoms with van der Waals surface area (Å²) in [4.78, 5) is 36.7. The third-order valence-corrected chi connectivity index (χ3v) is 5.28. The van der Waals surface area contributed by atoms with Crippen LogP contribution in [-0.4, -0.2) is 30.5 Å². The molecule has 0 atom stereocenters. The fourth-order valence-electron chi connectivity index (χ4n) is 2.78. The van der Waals surface area contributed by atoms with Crippen molar-refractivity contribution in [2.24, 2.45) is 5.10 Å². The van der Waals surface area contributed by atoms with Crippen molar-refractivity contribution in [2.45, 2.75) is 6.92 Å². The second-order valence-corrected chi connectivity index (χ2v) is 8.17. The number of benzene rings is 3. The van der Waals surface area contributed by atoms with E-state index < -0.39 is 17.8 Å². The molecule has 168 valence electrons. The molecular weight excluding hydrogens is 510 g/mol. The van der Waals surface area contributed by atoms with Gasteiger partial charge >= 0.3 is 5.97 Å². The first-order valence-corrected chi connectivity index (χ1v) is 10.9. The van der Waals surface area contributed by atoms with Crippen LogP contribution in [0.25, 0.3) is 0 Å². The highest BCUT2D eigenvalue weighted by atomic mass is 79.9. The maximum absolute atomic E-state index is 12.5. The minimum Gasteiger partial charge on any atom is -0.422 e. The van der Waals surface area contributed by atoms with Crippen molar-refractivity contribution in [1.82, 2.24) is 10.7 Å². The first-order valence-electron chi connectivity index (χ1n) is 9.77. The van der Waals surface area contributed by atoms with Crippen molar-refractivity contribution in [1.29, 1.82) is 0 Å². The van der Waals surface area contributed by atoms with Crippen LogP contribution in [0, 0.1) is 6.92 Å². The summed E-state index contributed by atoms with van der Waals surface area (Å²) in [6.07, 6.45) is 1.35. The summed E-state index contributed by atoms with van der Waals surface area (Å²) in [6.45, 7) is 1.52. The molecule has 2 amide bonds. The zero-order valence-corrected chi connectivity index (χ0v) is 19.8. The summed E-state index contributed by atoms with van der Waals surface area (Å²) in [5.74, 6) is -1.25. The van der Waals surface area contributed by atoms with Gasteiger partial charge in [0.05, 0.1) is 28.9 Å². The molecule has 7 nitrogen and oxygen atoms in total. The summed E-state index contributed by atoms with van der Waals surface area (Å²) < 4.78 is 6.27. The Kier molecular flexibility index (Phi) is 8.34. The number of carbonyl (C=O) groups excluding carboxylic acids is 3. The number of amides is 2. The summed E-state index contributed by atoms with van der Waals surface area (Å²) in [7, 11) is 0. The number of carbonyl (C=O) groups is 3. The van der Waals surface area contributed by atoms with Crippen LogP contribution in [0.2, 0.25) is 5.02 Å². The SMILES string of the molecule is Cc1ccccc1C(=O)Oc1ccc(Br)cc1C=NNC(=O)CNC(=O)c1ccccc1Cl. The Morgan fingerprint density at radius 1 is 1.03 bits per heavy atom. The Balaban J connectivity index is 1.61. The van der Waals surface area contributed by atoms with Gasteiger partial charge in [-0.2, -0.15) is 5.10 Å². The monoisotopic (exact) mass is 527 g/mol. The zero-order chi connectivity index (χ0) is 23.8. The van der Waals surface area contributed by atoms with E-state index in [1.54, 1.807) is 54.6 Å². The molecule has 33 heavy (non-hydrogen) atoms. The number of esters is 1. The fraction of sp³-hybridized carbons (Fsp3) is 0.0833. The molecule has 3 aromatic rings. The predicted octanol–water partition coefficient (Wildman–Crippen LogP) is 4.51. The van der Waals surface area contributed by atoms with Crippen molar-refractivity contribution in [3.05, 3.63) is 98.5 Å². The quantitative estimate of drug-likeness (QED) is 0.204. The number of hydrogen-bond acceptors (Lipinski definition) is 5. The van der Waals surface area contributed by atoms with E-state index in [1.807, 2.05) is 19.1 Å². The lowest BCUT2D eigenvalue weighted by molar-refractivity contribution is -0.120. The number of hydrogen-bond donors (Lipinski definition) is 2. The van der Waals surface area contributed by atoms with Crippen LogP contribution in [0.1, 0.15) is 31.8 Å². The topological polar surface area (TPSA) is 96.9 Å². The standard InChI is InChI=1S/C24H19BrClN3O4/c1-15-6-2-3-7-18(15)24(32)33-21-11-10-17(25)12-16(21)13-28-29-22(30)14-27-23(31)19-8-4-5-9-20(19)26/h2-13H,14H2,1H3,(H,27,31)(H,29,30). The third kappa shape index (κ3) is 6.74. The Labute approximate surface area is 203 Å². The summed E-state index contributed by atoms with van der Waals surface area (Å²) in [5.41, 5.74) is 4.30. The predicted molar refractivity (Wildman–Crippen MR) is 130 cm³/mol. The van der Waals surface area contributed by atoms with Crippen molar-refractivity contribution >= 4 is 51.5 Å². The van der Waals surface area contributed by atoms with E-state index >= 15 is 0 Å². The number of rotatable bonds is 7. The highest BCUT2D eigenvalue weighted by Gasteiger charge is 2.14. The lowest BCUT2D eigenvalue weighted by atomic mass is 10.1. The number of aryl methyl sites for hydroxylation is 1. The van der Waals surface area contributed by atoms with Crippen molar-refractivity contribution in [3.63, 3.8) is 0 Å². The summed E-state index contributed by atoms with van der Waals surface area (Å²) in [6, 6.07) is 18.6. The van der Waals surface area contributed by atoms with Crippen molar-refractivity contribution < 1.29 is 19.1 Å². The van der Waals surface area contributed by atoms with E-state index in [4.69, 9.17) is 16.3 Å². The minimum absolute atomic E-state index is 0.268. The Morgan fingerprint density at radius 2 is 1.73 bits per heavy atom. The molecule has 0 saturated carbocycles. The van der Waals surface area contributed by atoms with Crippen molar-refractivity contribution in [2.75, 3.05) is 6.54 Å². The van der Waals surface area contributed by atoms with Gasteiger partial charge < -0.3 is 10.1 Å². The van der Waals surface area contributed by atoms with Gasteiger partial charge in [0.25, 0.3) is 11.8 Å². The Bertz CT molecular complexity index is 1230. The van der Waals surface area contributed by atoms with E-state index in [0.29, 0.717) is 11.1 Å². The molecule has 0 heterocycles. The Morgan fingerprint density at radius 3 is 2.45 bits per heavy atom. The van der Waals surface area contributed by atoms with E-state index in [2.05, 4.69) is 31.8 Å². The van der Waals surface area contributed by atoms with Crippen LogP contribution in [0.15, 0.2) is 76.3 Å². The van der Waals surface area contributed by atoms with E-state index in [0.717, 1.165) is 10.0 Å². The molecule has 0 saturated heterocycles. The molecule has 3 rings (SSSR count). The van der Waals surface area contributed by atoms with Crippen LogP contribution < -0.4 is 15.5 Å². The van der Waals surface area contributed by atoms with Crippen molar-refractivity contribution in [3.8, 4) is 5.75 Å². The average molecular weight is 529 g/mol. The molecule has 0 aliphatic carbocycles. The second kappa shape index (κ2) is 11.4. The van der Waals surface area contributed by atoms with E-state index in [9.17, 15) is 14.4 Å². The van der Waals surface area contributed by atoms with Gasteiger partial charge in [0, 0.05) is 10.0 Å². The second-order valence-electron chi connectivity index (χ2n) is 6.84. The first kappa shape index (κ1) is 24.2. The van der Waals surface area contributed by atoms with Gasteiger partial charge in [-0.15, -0.1) is 0 Å². The molecule has 0 radical (unpaired) electrons. The van der Waals surface area contributed by atoms with Gasteiger partial charge in [-0.3, -0.25) is 9.59 Å². The maximum atomic E-state index is 12.5. The van der Waals surface area contributed by atoms with Crippen LogP contribution in [0.3, 0.4) is 0 Å². The number of nitrogens with zero attached hydrogens (tertiary/aromatic N) is 1. The fourth-order valence-corrected chi connectivity index (χ4v) is 3.38. The van der Waals surface area contributed by atoms with Crippen LogP contribution in [-0.2, 0) is 4.79 Å². The lowest BCUT2D eigenvalue weighted by Crippen LogP contribution is -2.35. The van der Waals surface area contributed by atoms with Gasteiger partial charge in [0.1, 0.15) is 5.75 Å². The third-order valence-electron chi connectivity index (χ3n) is 4.46. The van der Waals surface area contributed by atoms with Gasteiger partial charge in [0.15, 0.2) is 0 Å². The molecule has 0 bridgehead atoms. The molecule has 2 N–H and O–H groups in total. The highest BCUT2D eigenvalue weighted by molar-refractivity contribution is 9.10. The smallest absolute Gasteiger partial charge is 0.343 e. The lowest BCUT2D eigenvalue weighted by Gasteiger charge is -2.09. The molecule has 0 aliphatic rings. The number of halogens is 2. The summed E-state index contributed by atoms with van der Waals surface area (Å²) in [5, 5.41) is 6.66. The summed E-state index contributed by atoms with van der Waals surface area (Å²) >= 11 is 9.33. The normalized spacial score (nSPS) is 10.6. The van der Waals surface area contributed by atoms with Crippen LogP contribution in [0.4, 0.5) is 0 Å².